The van der Waals surface area contributed by atoms with Gasteiger partial charge < -0.3 is 4.43 Å². The maximum atomic E-state index is 5.27. The molecular formula is C9H20OSi. The molecule has 0 fully saturated rings. The first-order chi connectivity index (χ1) is 5.41. The van der Waals surface area contributed by atoms with Crippen LogP contribution in [-0.2, 0) is 4.43 Å². The van der Waals surface area contributed by atoms with E-state index in [1.807, 2.05) is 0 Å². The molecule has 0 heterocycles. The van der Waals surface area contributed by atoms with E-state index in [1.54, 1.807) is 0 Å². The minimum Gasteiger partial charge on any atom is -0.418 e. The van der Waals surface area contributed by atoms with Gasteiger partial charge in [0.2, 0.25) is 9.76 Å². The number of hydrogen-bond acceptors (Lipinski definition) is 1. The predicted octanol–water partition coefficient (Wildman–Crippen LogP) is 3.03. The largest absolute Gasteiger partial charge is 0.418 e. The third-order valence-corrected chi connectivity index (χ3v) is 2.24. The maximum absolute atomic E-state index is 5.27. The van der Waals surface area contributed by atoms with E-state index in [2.05, 4.69) is 13.5 Å². The van der Waals surface area contributed by atoms with Crippen LogP contribution in [0.25, 0.3) is 0 Å². The molecule has 1 nitrogen and oxygen atoms in total. The zero-order valence-electron chi connectivity index (χ0n) is 7.86. The van der Waals surface area contributed by atoms with E-state index in [1.165, 1.54) is 38.5 Å². The van der Waals surface area contributed by atoms with E-state index in [-0.39, 0.29) is 0 Å². The van der Waals surface area contributed by atoms with Crippen LogP contribution in [0.1, 0.15) is 45.4 Å². The topological polar surface area (TPSA) is 9.23 Å². The molecule has 0 aliphatic carbocycles. The van der Waals surface area contributed by atoms with Gasteiger partial charge in [0.25, 0.3) is 0 Å². The monoisotopic (exact) mass is 172 g/mol. The van der Waals surface area contributed by atoms with Gasteiger partial charge in [0, 0.05) is 6.61 Å². The van der Waals surface area contributed by atoms with Crippen molar-refractivity contribution in [2.24, 2.45) is 0 Å². The zero-order valence-corrected chi connectivity index (χ0v) is 8.86. The van der Waals surface area contributed by atoms with Crippen molar-refractivity contribution in [2.75, 3.05) is 6.61 Å². The molecule has 0 aliphatic heterocycles. The zero-order chi connectivity index (χ0) is 8.36. The van der Waals surface area contributed by atoms with Gasteiger partial charge >= 0.3 is 0 Å². The van der Waals surface area contributed by atoms with Crippen LogP contribution in [0.3, 0.4) is 0 Å². The second-order valence-electron chi connectivity index (χ2n) is 2.82. The van der Waals surface area contributed by atoms with Gasteiger partial charge in [0.15, 0.2) is 0 Å². The first-order valence-electron chi connectivity index (χ1n) is 4.70. The fourth-order valence-corrected chi connectivity index (χ4v) is 1.41. The normalized spacial score (nSPS) is 10.4. The van der Waals surface area contributed by atoms with Gasteiger partial charge in [-0.15, -0.1) is 0 Å². The van der Waals surface area contributed by atoms with Crippen LogP contribution >= 0.6 is 0 Å². The lowest BCUT2D eigenvalue weighted by Crippen LogP contribution is -1.95. The molecule has 0 aromatic carbocycles. The van der Waals surface area contributed by atoms with Gasteiger partial charge in [-0.3, -0.25) is 0 Å². The highest BCUT2D eigenvalue weighted by Crippen LogP contribution is 2.04. The van der Waals surface area contributed by atoms with Crippen LogP contribution in [0.4, 0.5) is 0 Å². The van der Waals surface area contributed by atoms with Gasteiger partial charge in [0.1, 0.15) is 0 Å². The standard InChI is InChI=1S/C9H20OSi/c1-3-4-5-6-7-8-9-10-11-2/h3-9H2,1-2H3. The molecule has 0 rings (SSSR count). The third kappa shape index (κ3) is 10.2. The molecule has 0 saturated heterocycles. The molecule has 0 unspecified atom stereocenters. The fraction of sp³-hybridized carbons (Fsp3) is 1.00. The molecule has 0 bridgehead atoms. The van der Waals surface area contributed by atoms with Gasteiger partial charge in [0.05, 0.1) is 0 Å². The van der Waals surface area contributed by atoms with Crippen LogP contribution in [0.2, 0.25) is 6.55 Å². The minimum atomic E-state index is 0.670. The summed E-state index contributed by atoms with van der Waals surface area (Å²) in [6, 6.07) is 0. The predicted molar refractivity (Wildman–Crippen MR) is 50.9 cm³/mol. The van der Waals surface area contributed by atoms with Crippen molar-refractivity contribution < 1.29 is 4.43 Å². The van der Waals surface area contributed by atoms with Crippen molar-refractivity contribution in [3.63, 3.8) is 0 Å². The summed E-state index contributed by atoms with van der Waals surface area (Å²) < 4.78 is 5.27. The van der Waals surface area contributed by atoms with Crippen LogP contribution < -0.4 is 0 Å². The number of rotatable bonds is 8. The molecule has 0 saturated carbocycles. The Morgan fingerprint density at radius 2 is 1.64 bits per heavy atom. The Morgan fingerprint density at radius 1 is 1.00 bits per heavy atom. The number of hydrogen-bond donors (Lipinski definition) is 0. The Hall–Kier alpha value is 0.177. The van der Waals surface area contributed by atoms with Crippen LogP contribution in [0.15, 0.2) is 0 Å². The van der Waals surface area contributed by atoms with E-state index in [4.69, 9.17) is 4.43 Å². The molecule has 11 heavy (non-hydrogen) atoms. The van der Waals surface area contributed by atoms with Gasteiger partial charge in [-0.05, 0) is 13.0 Å². The molecule has 0 aromatic heterocycles. The van der Waals surface area contributed by atoms with Gasteiger partial charge in [-0.25, -0.2) is 0 Å². The van der Waals surface area contributed by atoms with Crippen LogP contribution in [0, 0.1) is 0 Å². The first-order valence-corrected chi connectivity index (χ1v) is 6.11. The van der Waals surface area contributed by atoms with E-state index in [9.17, 15) is 0 Å². The third-order valence-electron chi connectivity index (χ3n) is 1.74. The second kappa shape index (κ2) is 10.2. The highest BCUT2D eigenvalue weighted by atomic mass is 28.2. The Balaban J connectivity index is 2.69. The van der Waals surface area contributed by atoms with Crippen LogP contribution in [-0.4, -0.2) is 16.4 Å². The lowest BCUT2D eigenvalue weighted by atomic mass is 10.1. The second-order valence-corrected chi connectivity index (χ2v) is 3.52. The Kier molecular flexibility index (Phi) is 10.3. The van der Waals surface area contributed by atoms with E-state index >= 15 is 0 Å². The van der Waals surface area contributed by atoms with Crippen molar-refractivity contribution in [1.82, 2.24) is 0 Å². The summed E-state index contributed by atoms with van der Waals surface area (Å²) >= 11 is 0. The van der Waals surface area contributed by atoms with Gasteiger partial charge in [-0.2, -0.15) is 0 Å². The summed E-state index contributed by atoms with van der Waals surface area (Å²) in [6.07, 6.45) is 8.15. The van der Waals surface area contributed by atoms with Crippen molar-refractivity contribution in [3.05, 3.63) is 0 Å². The summed E-state index contributed by atoms with van der Waals surface area (Å²) in [5.74, 6) is 0. The Labute approximate surface area is 73.5 Å². The summed E-state index contributed by atoms with van der Waals surface area (Å²) in [5.41, 5.74) is 0. The highest BCUT2D eigenvalue weighted by Gasteiger charge is 1.89. The van der Waals surface area contributed by atoms with Gasteiger partial charge in [-0.1, -0.05) is 39.0 Å². The number of unbranched alkanes of at least 4 members (excludes halogenated alkanes) is 5. The first kappa shape index (κ1) is 11.2. The SMILES string of the molecule is CCCCCCCCO[Si]C. The molecule has 0 aromatic rings. The van der Waals surface area contributed by atoms with Crippen molar-refractivity contribution in [2.45, 2.75) is 52.0 Å². The lowest BCUT2D eigenvalue weighted by Gasteiger charge is -2.00. The van der Waals surface area contributed by atoms with E-state index < -0.39 is 0 Å². The lowest BCUT2D eigenvalue weighted by molar-refractivity contribution is 0.323. The molecule has 66 valence electrons. The summed E-state index contributed by atoms with van der Waals surface area (Å²) in [6.45, 7) is 5.31. The molecule has 0 aliphatic rings. The van der Waals surface area contributed by atoms with Crippen LogP contribution in [0.5, 0.6) is 0 Å². The smallest absolute Gasteiger partial charge is 0.226 e. The summed E-state index contributed by atoms with van der Waals surface area (Å²) in [7, 11) is 0.670. The minimum absolute atomic E-state index is 0.670. The van der Waals surface area contributed by atoms with E-state index in [0.717, 1.165) is 6.61 Å². The molecule has 0 spiro atoms. The fourth-order valence-electron chi connectivity index (χ4n) is 1.06. The molecule has 0 amide bonds. The Morgan fingerprint density at radius 3 is 2.27 bits per heavy atom. The quantitative estimate of drug-likeness (QED) is 0.404. The molecule has 0 atom stereocenters. The van der Waals surface area contributed by atoms with Crippen molar-refractivity contribution in [3.8, 4) is 0 Å². The molecular weight excluding hydrogens is 152 g/mol. The maximum Gasteiger partial charge on any atom is 0.226 e. The molecule has 2 heteroatoms. The molecule has 2 radical (unpaired) electrons. The summed E-state index contributed by atoms with van der Waals surface area (Å²) in [4.78, 5) is 0. The molecule has 0 N–H and O–H groups in total. The van der Waals surface area contributed by atoms with Crippen molar-refractivity contribution >= 4 is 9.76 Å². The Bertz CT molecular complexity index is 58.6. The average Bonchev–Trinajstić information content (AvgIpc) is 2.03. The van der Waals surface area contributed by atoms with E-state index in [0.29, 0.717) is 9.76 Å². The highest BCUT2D eigenvalue weighted by molar-refractivity contribution is 6.24. The van der Waals surface area contributed by atoms with Crippen molar-refractivity contribution in [1.29, 1.82) is 0 Å². The average molecular weight is 172 g/mol. The summed E-state index contributed by atoms with van der Waals surface area (Å²) in [5, 5.41) is 0.